The Labute approximate surface area is 324 Å². The molecule has 4 heterocycles. The number of rotatable bonds is 4. The standard InChI is InChI=1S/C51H28N4O2/c1-4-13-29(14-5-1)49-52-50(30-15-6-2-7-16-30)54-51(53-49)34-21-12-23-40-44(34)37-27-35-32-19-10-22-38-45(32)47-39(55(38)31-17-8-3-9-18-31)25-26-42-48(47)46-33(20-11-24-41(46)56-42)36(35)28-43(37)57-40/h1-28H. The third-order valence-corrected chi connectivity index (χ3v) is 11.6. The van der Waals surface area contributed by atoms with E-state index in [4.69, 9.17) is 23.8 Å². The van der Waals surface area contributed by atoms with Crippen LogP contribution in [0.25, 0.3) is 127 Å². The molecule has 0 N–H and O–H groups in total. The molecule has 0 aliphatic heterocycles. The Bertz CT molecular complexity index is 3680. The number of nitrogens with zero attached hydrogens (tertiary/aromatic N) is 4. The van der Waals surface area contributed by atoms with Crippen LogP contribution >= 0.6 is 0 Å². The topological polar surface area (TPSA) is 69.9 Å². The zero-order valence-electron chi connectivity index (χ0n) is 30.3. The van der Waals surface area contributed by atoms with Crippen LogP contribution in [0.1, 0.15) is 0 Å². The van der Waals surface area contributed by atoms with Crippen LogP contribution in [0.4, 0.5) is 0 Å². The van der Waals surface area contributed by atoms with E-state index in [1.54, 1.807) is 0 Å². The maximum absolute atomic E-state index is 6.80. The summed E-state index contributed by atoms with van der Waals surface area (Å²) in [7, 11) is 0. The Morgan fingerprint density at radius 1 is 0.333 bits per heavy atom. The van der Waals surface area contributed by atoms with Gasteiger partial charge in [0.2, 0.25) is 0 Å². The monoisotopic (exact) mass is 728 g/mol. The van der Waals surface area contributed by atoms with E-state index in [0.29, 0.717) is 17.5 Å². The third kappa shape index (κ3) is 4.26. The van der Waals surface area contributed by atoms with Gasteiger partial charge in [0.15, 0.2) is 17.5 Å². The molecule has 264 valence electrons. The maximum Gasteiger partial charge on any atom is 0.164 e. The maximum atomic E-state index is 6.80. The van der Waals surface area contributed by atoms with Crippen molar-refractivity contribution in [2.45, 2.75) is 0 Å². The average molecular weight is 729 g/mol. The van der Waals surface area contributed by atoms with Crippen molar-refractivity contribution in [1.82, 2.24) is 19.5 Å². The fraction of sp³-hybridized carbons (Fsp3) is 0. The van der Waals surface area contributed by atoms with E-state index < -0.39 is 0 Å². The number of hydrogen-bond donors (Lipinski definition) is 0. The van der Waals surface area contributed by atoms with Gasteiger partial charge in [-0.05, 0) is 76.1 Å². The molecule has 13 rings (SSSR count). The summed E-state index contributed by atoms with van der Waals surface area (Å²) in [6, 6.07) is 58.9. The number of benzene rings is 8. The van der Waals surface area contributed by atoms with Gasteiger partial charge < -0.3 is 13.4 Å². The van der Waals surface area contributed by atoms with Crippen LogP contribution in [0.5, 0.6) is 0 Å². The van der Waals surface area contributed by atoms with Gasteiger partial charge in [-0.2, -0.15) is 0 Å². The number of aromatic nitrogens is 4. The summed E-state index contributed by atoms with van der Waals surface area (Å²) in [5, 5.41) is 11.1. The van der Waals surface area contributed by atoms with Gasteiger partial charge in [-0.25, -0.2) is 15.0 Å². The molecule has 0 amide bonds. The first-order valence-electron chi connectivity index (χ1n) is 19.1. The zero-order valence-corrected chi connectivity index (χ0v) is 30.3. The number of para-hydroxylation sites is 1. The van der Waals surface area contributed by atoms with Crippen LogP contribution in [-0.4, -0.2) is 19.5 Å². The second kappa shape index (κ2) is 11.4. The summed E-state index contributed by atoms with van der Waals surface area (Å²) in [6.45, 7) is 0. The predicted octanol–water partition coefficient (Wildman–Crippen LogP) is 13.5. The summed E-state index contributed by atoms with van der Waals surface area (Å²) in [6.07, 6.45) is 0. The molecule has 4 aromatic heterocycles. The molecule has 0 radical (unpaired) electrons. The lowest BCUT2D eigenvalue weighted by molar-refractivity contribution is 0.669. The highest BCUT2D eigenvalue weighted by atomic mass is 16.3. The van der Waals surface area contributed by atoms with E-state index in [1.165, 1.54) is 10.8 Å². The molecule has 9 aromatic carbocycles. The van der Waals surface area contributed by atoms with E-state index >= 15 is 0 Å². The van der Waals surface area contributed by atoms with Gasteiger partial charge in [-0.3, -0.25) is 0 Å². The molecule has 57 heavy (non-hydrogen) atoms. The summed E-state index contributed by atoms with van der Waals surface area (Å²) in [4.78, 5) is 15.2. The van der Waals surface area contributed by atoms with Crippen molar-refractivity contribution in [3.63, 3.8) is 0 Å². The van der Waals surface area contributed by atoms with Gasteiger partial charge in [-0.1, -0.05) is 115 Å². The first kappa shape index (κ1) is 30.5. The van der Waals surface area contributed by atoms with Gasteiger partial charge >= 0.3 is 0 Å². The molecular weight excluding hydrogens is 701 g/mol. The highest BCUT2D eigenvalue weighted by molar-refractivity contribution is 6.39. The lowest BCUT2D eigenvalue weighted by Gasteiger charge is -2.10. The smallest absolute Gasteiger partial charge is 0.164 e. The summed E-state index contributed by atoms with van der Waals surface area (Å²) in [5.74, 6) is 1.82. The van der Waals surface area contributed by atoms with Gasteiger partial charge in [0.25, 0.3) is 0 Å². The minimum atomic E-state index is 0.589. The number of furan rings is 2. The van der Waals surface area contributed by atoms with E-state index in [0.717, 1.165) is 98.8 Å². The van der Waals surface area contributed by atoms with Crippen LogP contribution in [0.2, 0.25) is 0 Å². The summed E-state index contributed by atoms with van der Waals surface area (Å²) in [5.41, 5.74) is 9.45. The molecular formula is C51H28N4O2. The van der Waals surface area contributed by atoms with Crippen molar-refractivity contribution in [2.24, 2.45) is 0 Å². The average Bonchev–Trinajstić information content (AvgIpc) is 3.95. The third-order valence-electron chi connectivity index (χ3n) is 11.6. The molecule has 0 bridgehead atoms. The molecule has 0 fully saturated rings. The van der Waals surface area contributed by atoms with Crippen molar-refractivity contribution >= 4 is 87.2 Å². The molecule has 13 aromatic rings. The SMILES string of the molecule is c1ccc(-c2nc(-c3ccccc3)nc(-c3cccc4oc5cc6c(cc5c34)c3cccc4c3c3c5c(ccc3n4-c3ccccc3)oc3cccc6c35)n2)cc1. The molecule has 0 atom stereocenters. The normalized spacial score (nSPS) is 12.2. The van der Waals surface area contributed by atoms with Crippen LogP contribution in [0.3, 0.4) is 0 Å². The van der Waals surface area contributed by atoms with Crippen molar-refractivity contribution in [1.29, 1.82) is 0 Å². The van der Waals surface area contributed by atoms with Gasteiger partial charge in [0.1, 0.15) is 22.3 Å². The van der Waals surface area contributed by atoms with Crippen molar-refractivity contribution in [2.75, 3.05) is 0 Å². The molecule has 0 aliphatic rings. The van der Waals surface area contributed by atoms with E-state index in [9.17, 15) is 0 Å². The molecule has 0 saturated heterocycles. The summed E-state index contributed by atoms with van der Waals surface area (Å²) >= 11 is 0. The zero-order chi connectivity index (χ0) is 37.2. The quantitative estimate of drug-likeness (QED) is 0.180. The van der Waals surface area contributed by atoms with Crippen LogP contribution in [0.15, 0.2) is 179 Å². The Hall–Kier alpha value is -7.83. The fourth-order valence-electron chi connectivity index (χ4n) is 9.19. The Kier molecular flexibility index (Phi) is 6.07. The van der Waals surface area contributed by atoms with Gasteiger partial charge in [0.05, 0.1) is 11.0 Å². The van der Waals surface area contributed by atoms with Crippen LogP contribution in [-0.2, 0) is 0 Å². The Morgan fingerprint density at radius 3 is 1.63 bits per heavy atom. The predicted molar refractivity (Wildman–Crippen MR) is 231 cm³/mol. The van der Waals surface area contributed by atoms with Crippen LogP contribution < -0.4 is 0 Å². The molecule has 0 aliphatic carbocycles. The molecule has 0 saturated carbocycles. The molecule has 0 spiro atoms. The summed E-state index contributed by atoms with van der Waals surface area (Å²) < 4.78 is 15.8. The van der Waals surface area contributed by atoms with E-state index in [1.807, 2.05) is 72.8 Å². The lowest BCUT2D eigenvalue weighted by Crippen LogP contribution is -2.00. The molecule has 0 unspecified atom stereocenters. The van der Waals surface area contributed by atoms with Gasteiger partial charge in [0, 0.05) is 54.7 Å². The first-order valence-corrected chi connectivity index (χ1v) is 19.1. The van der Waals surface area contributed by atoms with Gasteiger partial charge in [-0.15, -0.1) is 0 Å². The van der Waals surface area contributed by atoms with Crippen molar-refractivity contribution in [3.8, 4) is 39.9 Å². The lowest BCUT2D eigenvalue weighted by atomic mass is 9.93. The molecule has 6 heteroatoms. The Morgan fingerprint density at radius 2 is 0.895 bits per heavy atom. The first-order chi connectivity index (χ1) is 28.3. The second-order valence-electron chi connectivity index (χ2n) is 14.7. The highest BCUT2D eigenvalue weighted by Crippen LogP contribution is 2.48. The van der Waals surface area contributed by atoms with Crippen LogP contribution in [0, 0.1) is 0 Å². The molecule has 6 nitrogen and oxygen atoms in total. The fourth-order valence-corrected chi connectivity index (χ4v) is 9.19. The second-order valence-corrected chi connectivity index (χ2v) is 14.7. The number of fused-ring (bicyclic) bond motifs is 6. The largest absolute Gasteiger partial charge is 0.456 e. The minimum absolute atomic E-state index is 0.589. The van der Waals surface area contributed by atoms with E-state index in [-0.39, 0.29) is 0 Å². The Balaban J connectivity index is 1.19. The number of hydrogen-bond acceptors (Lipinski definition) is 5. The highest BCUT2D eigenvalue weighted by Gasteiger charge is 2.24. The van der Waals surface area contributed by atoms with E-state index in [2.05, 4.69) is 102 Å². The minimum Gasteiger partial charge on any atom is -0.456 e. The van der Waals surface area contributed by atoms with Crippen molar-refractivity contribution in [3.05, 3.63) is 170 Å². The van der Waals surface area contributed by atoms with Crippen molar-refractivity contribution < 1.29 is 8.83 Å².